The topological polar surface area (TPSA) is 0 Å². The first-order chi connectivity index (χ1) is 7.62. The van der Waals surface area contributed by atoms with Crippen molar-refractivity contribution in [1.29, 1.82) is 0 Å². The molecule has 0 amide bonds. The van der Waals surface area contributed by atoms with Crippen molar-refractivity contribution in [2.75, 3.05) is 0 Å². The number of hydrogen-bond acceptors (Lipinski definition) is 0. The van der Waals surface area contributed by atoms with Gasteiger partial charge in [-0.3, -0.25) is 0 Å². The molecule has 2 aromatic carbocycles. The van der Waals surface area contributed by atoms with Gasteiger partial charge in [-0.1, -0.05) is 0 Å². The standard InChI is InChI=1S/C12H14Si.2ClH.Zr/c1-13(2,11-7-3-4-8-11)12-9-5-6-10-12;;;/h3-10H,1-2H3;2*1H;/q-6;;;+2/p-2. The van der Waals surface area contributed by atoms with Crippen LogP contribution in [0.3, 0.4) is 0 Å². The van der Waals surface area contributed by atoms with Crippen LogP contribution in [0.1, 0.15) is 0 Å². The molecule has 0 atom stereocenters. The Balaban J connectivity index is 0.000000386. The molecule has 0 saturated carbocycles. The molecule has 0 aliphatic heterocycles. The first-order valence-corrected chi connectivity index (χ1v) is 14.4. The summed E-state index contributed by atoms with van der Waals surface area (Å²) in [6.07, 6.45) is 0. The Labute approximate surface area is 117 Å². The number of halogens is 2. The molecule has 0 unspecified atom stereocenters. The molecule has 4 heteroatoms. The Kier molecular flexibility index (Phi) is 6.28. The summed E-state index contributed by atoms with van der Waals surface area (Å²) in [5.41, 5.74) is 0. The van der Waals surface area contributed by atoms with Crippen LogP contribution in [0.5, 0.6) is 0 Å². The molecule has 0 bridgehead atoms. The van der Waals surface area contributed by atoms with Gasteiger partial charge in [0.25, 0.3) is 0 Å². The van der Waals surface area contributed by atoms with E-state index in [9.17, 15) is 0 Å². The third-order valence-corrected chi connectivity index (χ3v) is 6.32. The molecule has 16 heavy (non-hydrogen) atoms. The quantitative estimate of drug-likeness (QED) is 0.577. The molecular weight excluding hydrogens is 334 g/mol. The second-order valence-corrected chi connectivity index (χ2v) is 12.2. The Hall–Kier alpha value is 0.380. The van der Waals surface area contributed by atoms with Crippen LogP contribution in [0.2, 0.25) is 13.1 Å². The Morgan fingerprint density at radius 3 is 1.94 bits per heavy atom. The predicted molar refractivity (Wildman–Crippen MR) is 72.5 cm³/mol. The van der Waals surface area contributed by atoms with Crippen LogP contribution in [-0.4, -0.2) is 8.07 Å². The van der Waals surface area contributed by atoms with Crippen LogP contribution >= 0.6 is 17.0 Å². The molecule has 0 aliphatic carbocycles. The molecule has 0 aromatic heterocycles. The van der Waals surface area contributed by atoms with E-state index in [0.29, 0.717) is 0 Å². The first kappa shape index (κ1) is 14.4. The summed E-state index contributed by atoms with van der Waals surface area (Å²) in [5.74, 6) is 0. The number of hydrogen-bond donors (Lipinski definition) is 0. The van der Waals surface area contributed by atoms with Crippen LogP contribution < -0.4 is 10.4 Å². The van der Waals surface area contributed by atoms with E-state index < -0.39 is 28.9 Å². The van der Waals surface area contributed by atoms with Crippen molar-refractivity contribution >= 4 is 35.5 Å². The fourth-order valence-electron chi connectivity index (χ4n) is 1.75. The zero-order chi connectivity index (χ0) is 12.0. The summed E-state index contributed by atoms with van der Waals surface area (Å²) < 4.78 is 0. The third kappa shape index (κ3) is 3.70. The minimum absolute atomic E-state index is 0.826. The van der Waals surface area contributed by atoms with Crippen molar-refractivity contribution in [2.45, 2.75) is 13.1 Å². The van der Waals surface area contributed by atoms with E-state index in [1.807, 2.05) is 0 Å². The van der Waals surface area contributed by atoms with Gasteiger partial charge in [0.2, 0.25) is 0 Å². The number of rotatable bonds is 2. The van der Waals surface area contributed by atoms with Crippen LogP contribution in [0.25, 0.3) is 0 Å². The van der Waals surface area contributed by atoms with Crippen LogP contribution in [-0.2, 0) is 20.8 Å². The van der Waals surface area contributed by atoms with Crippen molar-refractivity contribution in [3.63, 3.8) is 0 Å². The summed E-state index contributed by atoms with van der Waals surface area (Å²) in [4.78, 5) is 0. The summed E-state index contributed by atoms with van der Waals surface area (Å²) in [6, 6.07) is 17.5. The monoisotopic (exact) mass is 346 g/mol. The summed E-state index contributed by atoms with van der Waals surface area (Å²) >= 11 is -0.826. The second-order valence-electron chi connectivity index (χ2n) is 4.04. The maximum absolute atomic E-state index is 4.93. The van der Waals surface area contributed by atoms with Crippen LogP contribution in [0.15, 0.2) is 48.5 Å². The molecule has 2 aromatic rings. The van der Waals surface area contributed by atoms with Crippen molar-refractivity contribution < 1.29 is 20.8 Å². The van der Waals surface area contributed by atoms with Gasteiger partial charge in [0.05, 0.1) is 0 Å². The van der Waals surface area contributed by atoms with Crippen molar-refractivity contribution in [2.24, 2.45) is 0 Å². The van der Waals surface area contributed by atoms with Crippen molar-refractivity contribution in [3.8, 4) is 0 Å². The zero-order valence-electron chi connectivity index (χ0n) is 9.37. The first-order valence-electron chi connectivity index (χ1n) is 5.03. The molecule has 0 N–H and O–H groups in total. The van der Waals surface area contributed by atoms with E-state index in [1.54, 1.807) is 0 Å². The fourth-order valence-corrected chi connectivity index (χ4v) is 4.13. The van der Waals surface area contributed by atoms with E-state index in [-0.39, 0.29) is 0 Å². The molecule has 0 spiro atoms. The Morgan fingerprint density at radius 1 is 1.06 bits per heavy atom. The van der Waals surface area contributed by atoms with E-state index >= 15 is 0 Å². The Bertz CT molecular complexity index is 343. The van der Waals surface area contributed by atoms with E-state index in [4.69, 9.17) is 17.0 Å². The summed E-state index contributed by atoms with van der Waals surface area (Å²) in [7, 11) is 8.52. The van der Waals surface area contributed by atoms with Gasteiger partial charge in [-0.05, 0) is 0 Å². The molecule has 0 nitrogen and oxygen atoms in total. The van der Waals surface area contributed by atoms with Crippen LogP contribution in [0.4, 0.5) is 0 Å². The average molecular weight is 348 g/mol. The normalized spacial score (nSPS) is 10.5. The van der Waals surface area contributed by atoms with Gasteiger partial charge in [0.15, 0.2) is 0 Å². The minimum atomic E-state index is -1.35. The van der Waals surface area contributed by atoms with Crippen molar-refractivity contribution in [3.05, 3.63) is 48.5 Å². The maximum atomic E-state index is 4.93. The zero-order valence-corrected chi connectivity index (χ0v) is 14.3. The molecule has 0 heterocycles. The van der Waals surface area contributed by atoms with Gasteiger partial charge in [-0.25, -0.2) is 12.1 Å². The summed E-state index contributed by atoms with van der Waals surface area (Å²) in [5, 5.41) is 3.05. The fraction of sp³-hybridized carbons (Fsp3) is 0.167. The van der Waals surface area contributed by atoms with E-state index in [2.05, 4.69) is 61.6 Å². The molecule has 0 aliphatic rings. The molecule has 2 rings (SSSR count). The molecule has 0 fully saturated rings. The molecule has 0 radical (unpaired) electrons. The van der Waals surface area contributed by atoms with Gasteiger partial charge in [-0.2, -0.15) is 25.4 Å². The molecular formula is C12H14Cl2SiZr-6. The SMILES string of the molecule is C[Si](C)([c-]1cccc1)[c-]1[cH-][cH-][cH-][cH-]1.[Cl][Zr][Cl]. The average Bonchev–Trinajstić information content (AvgIpc) is 2.93. The summed E-state index contributed by atoms with van der Waals surface area (Å²) in [6.45, 7) is 4.80. The predicted octanol–water partition coefficient (Wildman–Crippen LogP) is 3.32. The third-order valence-electron chi connectivity index (χ3n) is 2.77. The van der Waals surface area contributed by atoms with Gasteiger partial charge >= 0.3 is 37.9 Å². The van der Waals surface area contributed by atoms with Crippen molar-refractivity contribution in [1.82, 2.24) is 0 Å². The van der Waals surface area contributed by atoms with Gasteiger partial charge in [0, 0.05) is 0 Å². The van der Waals surface area contributed by atoms with E-state index in [0.717, 1.165) is 0 Å². The van der Waals surface area contributed by atoms with Gasteiger partial charge in [-0.15, -0.1) is 13.1 Å². The molecule has 90 valence electrons. The van der Waals surface area contributed by atoms with E-state index in [1.165, 1.54) is 10.4 Å². The molecule has 0 saturated heterocycles. The van der Waals surface area contributed by atoms with Crippen LogP contribution in [0, 0.1) is 0 Å². The second kappa shape index (κ2) is 6.96. The Morgan fingerprint density at radius 2 is 1.50 bits per heavy atom. The van der Waals surface area contributed by atoms with Gasteiger partial charge < -0.3 is 29.5 Å². The van der Waals surface area contributed by atoms with Gasteiger partial charge in [0.1, 0.15) is 0 Å².